The zero-order valence-electron chi connectivity index (χ0n) is 23.9. The lowest BCUT2D eigenvalue weighted by molar-refractivity contribution is 0.0686. The van der Waals surface area contributed by atoms with Crippen molar-refractivity contribution in [3.05, 3.63) is 107 Å². The number of hydrogen-bond acceptors (Lipinski definition) is 6. The van der Waals surface area contributed by atoms with E-state index >= 15 is 0 Å². The van der Waals surface area contributed by atoms with Gasteiger partial charge in [-0.25, -0.2) is 19.6 Å². The number of carboxylic acids is 2. The second-order valence-electron chi connectivity index (χ2n) is 10.2. The maximum Gasteiger partial charge on any atom is 0.336 e. The highest BCUT2D eigenvalue weighted by molar-refractivity contribution is 6.00. The van der Waals surface area contributed by atoms with Gasteiger partial charge in [0.25, 0.3) is 5.91 Å². The molecule has 0 fully saturated rings. The Morgan fingerprint density at radius 3 is 1.58 bits per heavy atom. The van der Waals surface area contributed by atoms with E-state index in [-0.39, 0.29) is 35.7 Å². The molecule has 0 bridgehead atoms. The molecule has 0 radical (unpaired) electrons. The molecule has 2 amide bonds. The summed E-state index contributed by atoms with van der Waals surface area (Å²) in [7, 11) is 1.53. The number of hydrogen-bond donors (Lipinski definition) is 4. The monoisotopic (exact) mass is 602 g/mol. The van der Waals surface area contributed by atoms with E-state index in [2.05, 4.69) is 5.32 Å². The molecule has 0 saturated carbocycles. The lowest BCUT2D eigenvalue weighted by Crippen LogP contribution is -2.17. The molecule has 5 N–H and O–H groups in total. The van der Waals surface area contributed by atoms with Gasteiger partial charge < -0.3 is 30.4 Å². The van der Waals surface area contributed by atoms with Crippen molar-refractivity contribution in [3.8, 4) is 22.8 Å². The Balaban J connectivity index is 1.54. The number of aryl methyl sites for hydroxylation is 2. The topological polar surface area (TPSA) is 182 Å². The molecule has 45 heavy (non-hydrogen) atoms. The van der Waals surface area contributed by atoms with E-state index in [0.29, 0.717) is 50.4 Å². The van der Waals surface area contributed by atoms with E-state index in [9.17, 15) is 29.4 Å². The predicted molar refractivity (Wildman–Crippen MR) is 166 cm³/mol. The fourth-order valence-electron chi connectivity index (χ4n) is 5.49. The Bertz CT molecular complexity index is 2180. The number of fused-ring (bicyclic) bond motifs is 2. The molecule has 12 nitrogen and oxygen atoms in total. The molecule has 0 aliphatic rings. The summed E-state index contributed by atoms with van der Waals surface area (Å²) >= 11 is 0. The van der Waals surface area contributed by atoms with Crippen LogP contribution in [0.2, 0.25) is 0 Å². The summed E-state index contributed by atoms with van der Waals surface area (Å²) in [6.07, 6.45) is 0. The third-order valence-corrected chi connectivity index (χ3v) is 7.61. The molecule has 0 aliphatic carbocycles. The lowest BCUT2D eigenvalue weighted by atomic mass is 10.1. The van der Waals surface area contributed by atoms with Crippen molar-refractivity contribution in [1.82, 2.24) is 24.4 Å². The number of rotatable bonds is 9. The number of carbonyl (C=O) groups excluding carboxylic acids is 2. The molecule has 6 rings (SSSR count). The number of carbonyl (C=O) groups is 4. The lowest BCUT2D eigenvalue weighted by Gasteiger charge is -2.15. The number of benzene rings is 4. The van der Waals surface area contributed by atoms with Crippen molar-refractivity contribution in [1.29, 1.82) is 0 Å². The Kier molecular flexibility index (Phi) is 7.31. The van der Waals surface area contributed by atoms with Gasteiger partial charge >= 0.3 is 11.9 Å². The first kappa shape index (κ1) is 28.8. The fourth-order valence-corrected chi connectivity index (χ4v) is 5.49. The van der Waals surface area contributed by atoms with Crippen molar-refractivity contribution in [3.63, 3.8) is 0 Å². The van der Waals surface area contributed by atoms with Crippen LogP contribution in [-0.4, -0.2) is 60.1 Å². The van der Waals surface area contributed by atoms with Gasteiger partial charge in [-0.3, -0.25) is 9.59 Å². The molecule has 2 aromatic heterocycles. The standard InChI is InChI=1S/C33H26N6O6/c1-35-31(41)19-11-13-27-25(17-19)37-30(21-7-3-5-9-23(21)33(44)45)39(27)15-14-38-26-12-10-18(28(34)40)16-24(26)36-29(38)20-6-2-4-8-22(20)32(42)43/h2-13,16-17H,14-15H2,1H3,(H2,34,40)(H,35,41)(H,42,43)(H,44,45). The number of aromatic carboxylic acids is 2. The number of primary amides is 1. The van der Waals surface area contributed by atoms with Crippen LogP contribution in [0, 0.1) is 0 Å². The number of carboxylic acid groups (broad SMARTS) is 2. The van der Waals surface area contributed by atoms with Crippen molar-refractivity contribution in [2.75, 3.05) is 7.05 Å². The smallest absolute Gasteiger partial charge is 0.336 e. The van der Waals surface area contributed by atoms with Crippen LogP contribution in [0.15, 0.2) is 84.9 Å². The van der Waals surface area contributed by atoms with Gasteiger partial charge in [-0.1, -0.05) is 36.4 Å². The van der Waals surface area contributed by atoms with Crippen LogP contribution < -0.4 is 11.1 Å². The molecular weight excluding hydrogens is 576 g/mol. The fraction of sp³-hybridized carbons (Fsp3) is 0.0909. The molecule has 224 valence electrons. The zero-order chi connectivity index (χ0) is 31.8. The maximum atomic E-state index is 12.4. The van der Waals surface area contributed by atoms with Gasteiger partial charge in [0.05, 0.1) is 33.2 Å². The number of aromatic nitrogens is 4. The van der Waals surface area contributed by atoms with Gasteiger partial charge in [0.15, 0.2) is 0 Å². The van der Waals surface area contributed by atoms with Gasteiger partial charge in [0, 0.05) is 42.4 Å². The molecule has 0 unspecified atom stereocenters. The summed E-state index contributed by atoms with van der Waals surface area (Å²) in [5, 5.41) is 22.5. The van der Waals surface area contributed by atoms with Crippen LogP contribution in [0.25, 0.3) is 44.8 Å². The molecule has 0 aliphatic heterocycles. The molecule has 4 aromatic carbocycles. The second-order valence-corrected chi connectivity index (χ2v) is 10.2. The van der Waals surface area contributed by atoms with Gasteiger partial charge in [-0.2, -0.15) is 0 Å². The summed E-state index contributed by atoms with van der Waals surface area (Å²) in [6, 6.07) is 22.9. The highest BCUT2D eigenvalue weighted by Gasteiger charge is 2.22. The first-order chi connectivity index (χ1) is 21.7. The normalized spacial score (nSPS) is 11.1. The van der Waals surface area contributed by atoms with Crippen molar-refractivity contribution in [2.24, 2.45) is 5.73 Å². The average molecular weight is 603 g/mol. The predicted octanol–water partition coefficient (Wildman–Crippen LogP) is 4.28. The van der Waals surface area contributed by atoms with E-state index < -0.39 is 17.8 Å². The van der Waals surface area contributed by atoms with Crippen LogP contribution in [0.1, 0.15) is 41.4 Å². The Hall–Kier alpha value is -6.30. The first-order valence-corrected chi connectivity index (χ1v) is 13.9. The SMILES string of the molecule is CNC(=O)c1ccc2c(c1)nc(-c1ccccc1C(=O)O)n2CCn1c(-c2ccccc2C(=O)O)nc2cc(C(N)=O)ccc21. The number of nitrogens with zero attached hydrogens (tertiary/aromatic N) is 4. The molecule has 0 saturated heterocycles. The summed E-state index contributed by atoms with van der Waals surface area (Å²) in [4.78, 5) is 58.1. The van der Waals surface area contributed by atoms with E-state index in [1.165, 1.54) is 19.2 Å². The summed E-state index contributed by atoms with van der Waals surface area (Å²) in [6.45, 7) is 0.505. The molecule has 0 atom stereocenters. The minimum absolute atomic E-state index is 0.0510. The average Bonchev–Trinajstić information content (AvgIpc) is 3.60. The Labute approximate surface area is 255 Å². The molecule has 2 heterocycles. The highest BCUT2D eigenvalue weighted by Crippen LogP contribution is 2.31. The number of amides is 2. The highest BCUT2D eigenvalue weighted by atomic mass is 16.4. The van der Waals surface area contributed by atoms with E-state index in [1.54, 1.807) is 72.8 Å². The van der Waals surface area contributed by atoms with Crippen LogP contribution in [0.5, 0.6) is 0 Å². The number of nitrogens with two attached hydrogens (primary N) is 1. The number of imidazole rings is 2. The van der Waals surface area contributed by atoms with Gasteiger partial charge in [-0.15, -0.1) is 0 Å². The molecule has 0 spiro atoms. The molecular formula is C33H26N6O6. The summed E-state index contributed by atoms with van der Waals surface area (Å²) in [5.41, 5.74) is 9.27. The van der Waals surface area contributed by atoms with Gasteiger partial charge in [-0.05, 0) is 48.5 Å². The number of nitrogens with one attached hydrogen (secondary N) is 1. The Morgan fingerprint density at radius 2 is 1.13 bits per heavy atom. The molecule has 6 aromatic rings. The van der Waals surface area contributed by atoms with E-state index in [4.69, 9.17) is 15.7 Å². The largest absolute Gasteiger partial charge is 0.478 e. The summed E-state index contributed by atoms with van der Waals surface area (Å²) in [5.74, 6) is -2.41. The second kappa shape index (κ2) is 11.4. The van der Waals surface area contributed by atoms with E-state index in [1.807, 2.05) is 9.13 Å². The minimum atomic E-state index is -1.12. The quantitative estimate of drug-likeness (QED) is 0.189. The van der Waals surface area contributed by atoms with Crippen LogP contribution >= 0.6 is 0 Å². The van der Waals surface area contributed by atoms with Crippen molar-refractivity contribution in [2.45, 2.75) is 13.1 Å². The first-order valence-electron chi connectivity index (χ1n) is 13.9. The van der Waals surface area contributed by atoms with Crippen molar-refractivity contribution < 1.29 is 29.4 Å². The zero-order valence-corrected chi connectivity index (χ0v) is 23.9. The van der Waals surface area contributed by atoms with Crippen LogP contribution in [-0.2, 0) is 13.1 Å². The van der Waals surface area contributed by atoms with Crippen molar-refractivity contribution >= 4 is 45.8 Å². The van der Waals surface area contributed by atoms with Crippen LogP contribution in [0.3, 0.4) is 0 Å². The molecule has 12 heteroatoms. The van der Waals surface area contributed by atoms with E-state index in [0.717, 1.165) is 0 Å². The van der Waals surface area contributed by atoms with Gasteiger partial charge in [0.1, 0.15) is 11.6 Å². The third kappa shape index (κ3) is 5.14. The minimum Gasteiger partial charge on any atom is -0.478 e. The van der Waals surface area contributed by atoms with Crippen LogP contribution in [0.4, 0.5) is 0 Å². The summed E-state index contributed by atoms with van der Waals surface area (Å²) < 4.78 is 3.71. The maximum absolute atomic E-state index is 12.4. The Morgan fingerprint density at radius 1 is 0.689 bits per heavy atom. The third-order valence-electron chi connectivity index (χ3n) is 7.61. The van der Waals surface area contributed by atoms with Gasteiger partial charge in [0.2, 0.25) is 5.91 Å².